The fourth-order valence-electron chi connectivity index (χ4n) is 6.50. The minimum atomic E-state index is -4.64. The number of nitrogens with one attached hydrogen (secondary N) is 1. The van der Waals surface area contributed by atoms with Crippen molar-refractivity contribution in [2.45, 2.75) is 58.3 Å². The molecule has 48 heavy (non-hydrogen) atoms. The quantitative estimate of drug-likeness (QED) is 0.200. The molecule has 2 aromatic heterocycles. The molecule has 0 saturated carbocycles. The van der Waals surface area contributed by atoms with Crippen molar-refractivity contribution in [3.8, 4) is 27.3 Å². The zero-order valence-electron chi connectivity index (χ0n) is 26.2. The van der Waals surface area contributed by atoms with Crippen LogP contribution >= 0.6 is 11.3 Å². The predicted octanol–water partition coefficient (Wildman–Crippen LogP) is 7.00. The van der Waals surface area contributed by atoms with Crippen molar-refractivity contribution >= 4 is 34.8 Å². The number of fused-ring (bicyclic) bond motifs is 3. The largest absolute Gasteiger partial charge is 0.493 e. The van der Waals surface area contributed by atoms with E-state index in [9.17, 15) is 32.7 Å². The van der Waals surface area contributed by atoms with Crippen LogP contribution < -0.4 is 15.8 Å². The second-order valence-electron chi connectivity index (χ2n) is 12.0. The molecule has 0 aliphatic carbocycles. The lowest BCUT2D eigenvalue weighted by Gasteiger charge is -2.36. The molecule has 0 radical (unpaired) electrons. The molecule has 250 valence electrons. The minimum absolute atomic E-state index is 0.00388. The lowest BCUT2D eigenvalue weighted by atomic mass is 9.93. The maximum Gasteiger partial charge on any atom is 0.408 e. The number of ether oxygens (including phenoxy) is 1. The highest BCUT2D eigenvalue weighted by Crippen LogP contribution is 2.43. The molecule has 2 aliphatic heterocycles. The Morgan fingerprint density at radius 1 is 1.06 bits per heavy atom. The number of carboxylic acids is 1. The average Bonchev–Trinajstić information content (AvgIpc) is 3.46. The fraction of sp³-hybridized carbons (Fsp3) is 0.314. The Hall–Kier alpha value is -4.75. The van der Waals surface area contributed by atoms with Gasteiger partial charge < -0.3 is 25.8 Å². The molecular weight excluding hydrogens is 645 g/mol. The van der Waals surface area contributed by atoms with E-state index in [1.54, 1.807) is 12.1 Å². The van der Waals surface area contributed by atoms with Crippen molar-refractivity contribution < 1.29 is 37.4 Å². The summed E-state index contributed by atoms with van der Waals surface area (Å²) in [6.45, 7) is 4.24. The summed E-state index contributed by atoms with van der Waals surface area (Å²) >= 11 is 1.49. The highest BCUT2D eigenvalue weighted by atomic mass is 32.1. The van der Waals surface area contributed by atoms with Crippen LogP contribution in [0.2, 0.25) is 0 Å². The summed E-state index contributed by atoms with van der Waals surface area (Å²) in [7, 11) is 0. The number of piperidine rings is 1. The number of aromatic carboxylic acids is 1. The van der Waals surface area contributed by atoms with Gasteiger partial charge in [0.15, 0.2) is 5.69 Å². The number of benzene rings is 2. The van der Waals surface area contributed by atoms with E-state index >= 15 is 0 Å². The number of anilines is 1. The van der Waals surface area contributed by atoms with Gasteiger partial charge in [0, 0.05) is 52.3 Å². The molecular formula is C35H33F3N4O5S. The van der Waals surface area contributed by atoms with Crippen LogP contribution in [0.1, 0.15) is 72.9 Å². The molecule has 13 heteroatoms. The lowest BCUT2D eigenvalue weighted by Crippen LogP contribution is -2.51. The van der Waals surface area contributed by atoms with Crippen molar-refractivity contribution in [2.75, 3.05) is 18.5 Å². The summed E-state index contributed by atoms with van der Waals surface area (Å²) in [5.74, 6) is -2.62. The summed E-state index contributed by atoms with van der Waals surface area (Å²) in [5.41, 5.74) is 9.88. The van der Waals surface area contributed by atoms with Gasteiger partial charge in [-0.05, 0) is 91.1 Å². The highest BCUT2D eigenvalue weighted by molar-refractivity contribution is 7.13. The average molecular weight is 679 g/mol. The Kier molecular flexibility index (Phi) is 9.01. The second-order valence-corrected chi connectivity index (χ2v) is 12.9. The molecule has 0 bridgehead atoms. The molecule has 4 heterocycles. The number of nitrogens with zero attached hydrogens (tertiary/aromatic N) is 2. The first kappa shape index (κ1) is 33.2. The van der Waals surface area contributed by atoms with Gasteiger partial charge in [0.25, 0.3) is 11.8 Å². The van der Waals surface area contributed by atoms with Gasteiger partial charge >= 0.3 is 12.1 Å². The van der Waals surface area contributed by atoms with Crippen LogP contribution in [0.3, 0.4) is 0 Å². The maximum atomic E-state index is 14.2. The predicted molar refractivity (Wildman–Crippen MR) is 176 cm³/mol. The molecule has 1 saturated heterocycles. The topological polar surface area (TPSA) is 135 Å². The SMILES string of the molecule is Cc1cc(CN)cc(C)c1NC(=O)c1cc2c(cc1-c1ccc(C(=O)N3CCCC[C@@H]3C(F)(F)F)nc1C(=O)O)OCCc1ccsc1-2. The first-order valence-electron chi connectivity index (χ1n) is 15.5. The number of aromatic nitrogens is 1. The summed E-state index contributed by atoms with van der Waals surface area (Å²) in [6.07, 6.45) is -3.55. The van der Waals surface area contributed by atoms with E-state index in [0.29, 0.717) is 54.3 Å². The molecule has 9 nitrogen and oxygen atoms in total. The molecule has 0 spiro atoms. The smallest absolute Gasteiger partial charge is 0.408 e. The van der Waals surface area contributed by atoms with E-state index in [0.717, 1.165) is 27.1 Å². The van der Waals surface area contributed by atoms with Gasteiger partial charge in [0.2, 0.25) is 0 Å². The number of aryl methyl sites for hydroxylation is 2. The first-order valence-corrected chi connectivity index (χ1v) is 16.4. The standard InChI is InChI=1S/C35H33F3N4O5S/c1-18-13-20(17-39)14-19(2)29(18)41-32(43)24-15-25-27(47-11-8-21-9-12-48-31(21)25)16-23(24)22-6-7-26(40-30(22)34(45)46)33(44)42-10-4-3-5-28(42)35(36,37)38/h6-7,9,12-16,28H,3-5,8,10-11,17,39H2,1-2H3,(H,41,43)(H,45,46)/t28-/m1/s1. The second kappa shape index (κ2) is 13.0. The third-order valence-corrected chi connectivity index (χ3v) is 9.79. The van der Waals surface area contributed by atoms with Crippen LogP contribution in [0.25, 0.3) is 21.6 Å². The molecule has 0 unspecified atom stereocenters. The number of carbonyl (C=O) groups excluding carboxylic acids is 2. The molecule has 1 fully saturated rings. The van der Waals surface area contributed by atoms with Gasteiger partial charge in [0.1, 0.15) is 17.5 Å². The number of halogens is 3. The van der Waals surface area contributed by atoms with Crippen LogP contribution in [0.5, 0.6) is 5.75 Å². The van der Waals surface area contributed by atoms with Crippen LogP contribution in [-0.4, -0.2) is 58.1 Å². The molecule has 4 aromatic rings. The Morgan fingerprint density at radius 2 is 1.81 bits per heavy atom. The third-order valence-electron chi connectivity index (χ3n) is 8.80. The van der Waals surface area contributed by atoms with Gasteiger partial charge in [-0.3, -0.25) is 9.59 Å². The van der Waals surface area contributed by atoms with Crippen LogP contribution in [0.15, 0.2) is 47.8 Å². The van der Waals surface area contributed by atoms with Gasteiger partial charge in [-0.2, -0.15) is 13.2 Å². The molecule has 1 atom stereocenters. The Labute approximate surface area is 278 Å². The first-order chi connectivity index (χ1) is 22.9. The zero-order valence-corrected chi connectivity index (χ0v) is 27.1. The van der Waals surface area contributed by atoms with Gasteiger partial charge in [0.05, 0.1) is 6.61 Å². The maximum absolute atomic E-state index is 14.2. The zero-order chi connectivity index (χ0) is 34.3. The molecule has 6 rings (SSSR count). The number of thiophene rings is 1. The number of amides is 2. The number of hydrogen-bond donors (Lipinski definition) is 3. The van der Waals surface area contributed by atoms with Crippen molar-refractivity contribution in [2.24, 2.45) is 5.73 Å². The molecule has 4 N–H and O–H groups in total. The summed E-state index contributed by atoms with van der Waals surface area (Å²) < 4.78 is 47.5. The summed E-state index contributed by atoms with van der Waals surface area (Å²) in [4.78, 5) is 45.9. The summed E-state index contributed by atoms with van der Waals surface area (Å²) in [6, 6.07) is 9.52. The number of carbonyl (C=O) groups is 3. The number of hydrogen-bond acceptors (Lipinski definition) is 7. The highest BCUT2D eigenvalue weighted by Gasteiger charge is 2.46. The lowest BCUT2D eigenvalue weighted by molar-refractivity contribution is -0.183. The van der Waals surface area contributed by atoms with Gasteiger partial charge in [-0.25, -0.2) is 9.78 Å². The van der Waals surface area contributed by atoms with E-state index in [1.165, 1.54) is 23.5 Å². The monoisotopic (exact) mass is 678 g/mol. The number of nitrogens with two attached hydrogens (primary N) is 1. The molecule has 2 aromatic carbocycles. The van der Waals surface area contributed by atoms with Crippen LogP contribution in [0, 0.1) is 13.8 Å². The third kappa shape index (κ3) is 6.27. The fourth-order valence-corrected chi connectivity index (χ4v) is 7.47. The van der Waals surface area contributed by atoms with E-state index in [4.69, 9.17) is 10.5 Å². The van der Waals surface area contributed by atoms with E-state index in [-0.39, 0.29) is 29.7 Å². The van der Waals surface area contributed by atoms with Crippen molar-refractivity contribution in [3.05, 3.63) is 87.0 Å². The van der Waals surface area contributed by atoms with Gasteiger partial charge in [-0.1, -0.05) is 12.1 Å². The number of likely N-dealkylation sites (tertiary alicyclic amines) is 1. The van der Waals surface area contributed by atoms with Crippen molar-refractivity contribution in [3.63, 3.8) is 0 Å². The van der Waals surface area contributed by atoms with E-state index in [1.807, 2.05) is 37.4 Å². The number of pyridine rings is 1. The van der Waals surface area contributed by atoms with Crippen LogP contribution in [-0.2, 0) is 13.0 Å². The Morgan fingerprint density at radius 3 is 2.50 bits per heavy atom. The number of rotatable bonds is 6. The van der Waals surface area contributed by atoms with Crippen molar-refractivity contribution in [1.82, 2.24) is 9.88 Å². The molecule has 2 aliphatic rings. The summed E-state index contributed by atoms with van der Waals surface area (Å²) in [5, 5.41) is 15.2. The molecule has 2 amide bonds. The van der Waals surface area contributed by atoms with Crippen molar-refractivity contribution in [1.29, 1.82) is 0 Å². The number of alkyl halides is 3. The van der Waals surface area contributed by atoms with Crippen LogP contribution in [0.4, 0.5) is 18.9 Å². The van der Waals surface area contributed by atoms with Gasteiger partial charge in [-0.15, -0.1) is 11.3 Å². The normalized spacial score (nSPS) is 16.0. The Bertz CT molecular complexity index is 1920. The van der Waals surface area contributed by atoms with E-state index in [2.05, 4.69) is 10.3 Å². The minimum Gasteiger partial charge on any atom is -0.493 e. The Balaban J connectivity index is 1.48. The number of carboxylic acid groups (broad SMARTS) is 1. The van der Waals surface area contributed by atoms with E-state index < -0.39 is 41.4 Å².